The molecule has 2 rings (SSSR count). The smallest absolute Gasteiger partial charge is 0.323 e. The lowest BCUT2D eigenvalue weighted by Gasteiger charge is -2.14. The maximum atomic E-state index is 12.6. The van der Waals surface area contributed by atoms with E-state index >= 15 is 0 Å². The van der Waals surface area contributed by atoms with Crippen LogP contribution < -0.4 is 5.73 Å². The van der Waals surface area contributed by atoms with Crippen LogP contribution in [0.15, 0.2) is 53.7 Å². The molecule has 1 atom stereocenters. The lowest BCUT2D eigenvalue weighted by atomic mass is 10.1. The zero-order valence-electron chi connectivity index (χ0n) is 10.5. The number of rotatable bonds is 4. The minimum atomic E-state index is -4.34. The first kappa shape index (κ1) is 14.9. The number of benzene rings is 1. The van der Waals surface area contributed by atoms with Crippen LogP contribution >= 0.6 is 11.8 Å². The molecule has 106 valence electrons. The van der Waals surface area contributed by atoms with Crippen LogP contribution in [0.5, 0.6) is 0 Å². The number of hydrogen-bond acceptors (Lipinski definition) is 3. The predicted octanol–water partition coefficient (Wildman–Crippen LogP) is 3.89. The minimum absolute atomic E-state index is 0.449. The Hall–Kier alpha value is -1.53. The number of hydrogen-bond donors (Lipinski definition) is 1. The maximum absolute atomic E-state index is 12.6. The predicted molar refractivity (Wildman–Crippen MR) is 73.3 cm³/mol. The largest absolute Gasteiger partial charge is 0.416 e. The Kier molecular flexibility index (Phi) is 4.67. The molecule has 6 heteroatoms. The normalized spacial score (nSPS) is 13.2. The van der Waals surface area contributed by atoms with Crippen molar-refractivity contribution >= 4 is 11.8 Å². The van der Waals surface area contributed by atoms with Gasteiger partial charge in [-0.2, -0.15) is 13.2 Å². The van der Waals surface area contributed by atoms with E-state index in [9.17, 15) is 13.2 Å². The first-order valence-corrected chi connectivity index (χ1v) is 6.91. The number of alkyl halides is 3. The summed E-state index contributed by atoms with van der Waals surface area (Å²) in [7, 11) is 0. The standard InChI is InChI=1S/C14H13F3N2S/c15-14(16,17)11-3-1-2-10(8-11)13(18)9-20-12-4-6-19-7-5-12/h1-8,13H,9,18H2. The molecule has 1 unspecified atom stereocenters. The Morgan fingerprint density at radius 1 is 1.15 bits per heavy atom. The topological polar surface area (TPSA) is 38.9 Å². The Morgan fingerprint density at radius 2 is 1.85 bits per heavy atom. The van der Waals surface area contributed by atoms with Gasteiger partial charge in [0.25, 0.3) is 0 Å². The van der Waals surface area contributed by atoms with Crippen molar-refractivity contribution < 1.29 is 13.2 Å². The van der Waals surface area contributed by atoms with Crippen molar-refractivity contribution in [3.63, 3.8) is 0 Å². The minimum Gasteiger partial charge on any atom is -0.323 e. The molecule has 0 saturated carbocycles. The third-order valence-electron chi connectivity index (χ3n) is 2.72. The molecule has 0 aliphatic rings. The van der Waals surface area contributed by atoms with E-state index in [0.717, 1.165) is 17.0 Å². The summed E-state index contributed by atoms with van der Waals surface area (Å²) in [6.45, 7) is 0. The first-order valence-electron chi connectivity index (χ1n) is 5.92. The average molecular weight is 298 g/mol. The summed E-state index contributed by atoms with van der Waals surface area (Å²) in [5.74, 6) is 0.505. The van der Waals surface area contributed by atoms with E-state index in [0.29, 0.717) is 11.3 Å². The summed E-state index contributed by atoms with van der Waals surface area (Å²) < 4.78 is 37.9. The number of nitrogens with zero attached hydrogens (tertiary/aromatic N) is 1. The molecule has 1 heterocycles. The molecule has 0 aliphatic heterocycles. The fraction of sp³-hybridized carbons (Fsp3) is 0.214. The van der Waals surface area contributed by atoms with Gasteiger partial charge in [0, 0.05) is 29.1 Å². The Labute approximate surface area is 119 Å². The molecule has 0 radical (unpaired) electrons. The second-order valence-electron chi connectivity index (χ2n) is 4.22. The van der Waals surface area contributed by atoms with Gasteiger partial charge in [-0.1, -0.05) is 12.1 Å². The third-order valence-corrected chi connectivity index (χ3v) is 3.85. The van der Waals surface area contributed by atoms with Crippen LogP contribution in [-0.4, -0.2) is 10.7 Å². The van der Waals surface area contributed by atoms with Gasteiger partial charge in [-0.15, -0.1) is 11.8 Å². The second kappa shape index (κ2) is 6.28. The maximum Gasteiger partial charge on any atom is 0.416 e. The molecule has 0 bridgehead atoms. The summed E-state index contributed by atoms with van der Waals surface area (Å²) >= 11 is 1.49. The van der Waals surface area contributed by atoms with Gasteiger partial charge < -0.3 is 5.73 Å². The molecule has 20 heavy (non-hydrogen) atoms. The first-order chi connectivity index (χ1) is 9.47. The van der Waals surface area contributed by atoms with Gasteiger partial charge in [-0.25, -0.2) is 0 Å². The fourth-order valence-electron chi connectivity index (χ4n) is 1.66. The van der Waals surface area contributed by atoms with Gasteiger partial charge in [0.15, 0.2) is 0 Å². The van der Waals surface area contributed by atoms with Crippen LogP contribution in [0.25, 0.3) is 0 Å². The van der Waals surface area contributed by atoms with Crippen LogP contribution in [0.4, 0.5) is 13.2 Å². The average Bonchev–Trinajstić information content (AvgIpc) is 2.45. The van der Waals surface area contributed by atoms with Crippen LogP contribution in [0.2, 0.25) is 0 Å². The molecule has 0 fully saturated rings. The highest BCUT2D eigenvalue weighted by Gasteiger charge is 2.30. The van der Waals surface area contributed by atoms with Gasteiger partial charge >= 0.3 is 6.18 Å². The number of thioether (sulfide) groups is 1. The molecule has 1 aromatic heterocycles. The summed E-state index contributed by atoms with van der Waals surface area (Å²) in [4.78, 5) is 4.89. The van der Waals surface area contributed by atoms with Crippen molar-refractivity contribution in [2.75, 3.05) is 5.75 Å². The van der Waals surface area contributed by atoms with Crippen LogP contribution in [0.3, 0.4) is 0 Å². The highest BCUT2D eigenvalue weighted by molar-refractivity contribution is 7.99. The molecule has 0 aliphatic carbocycles. The highest BCUT2D eigenvalue weighted by atomic mass is 32.2. The van der Waals surface area contributed by atoms with Gasteiger partial charge in [0.2, 0.25) is 0 Å². The fourth-order valence-corrected chi connectivity index (χ4v) is 2.54. The zero-order chi connectivity index (χ0) is 14.6. The van der Waals surface area contributed by atoms with Gasteiger partial charge in [0.05, 0.1) is 5.56 Å². The molecular weight excluding hydrogens is 285 g/mol. The van der Waals surface area contributed by atoms with Crippen molar-refractivity contribution in [1.29, 1.82) is 0 Å². The van der Waals surface area contributed by atoms with Crippen LogP contribution in [0, 0.1) is 0 Å². The van der Waals surface area contributed by atoms with Gasteiger partial charge in [-0.05, 0) is 29.8 Å². The zero-order valence-corrected chi connectivity index (χ0v) is 11.3. The third kappa shape index (κ3) is 3.98. The summed E-state index contributed by atoms with van der Waals surface area (Å²) in [6, 6.07) is 8.38. The quantitative estimate of drug-likeness (QED) is 0.870. The van der Waals surface area contributed by atoms with E-state index < -0.39 is 17.8 Å². The number of halogens is 3. The van der Waals surface area contributed by atoms with E-state index in [1.165, 1.54) is 17.8 Å². The van der Waals surface area contributed by atoms with Crippen LogP contribution in [-0.2, 0) is 6.18 Å². The van der Waals surface area contributed by atoms with Gasteiger partial charge in [0.1, 0.15) is 0 Å². The molecule has 1 aromatic carbocycles. The molecule has 2 nitrogen and oxygen atoms in total. The lowest BCUT2D eigenvalue weighted by Crippen LogP contribution is -2.14. The SMILES string of the molecule is NC(CSc1ccncc1)c1cccc(C(F)(F)F)c1. The molecule has 0 saturated heterocycles. The van der Waals surface area contributed by atoms with E-state index in [2.05, 4.69) is 4.98 Å². The number of pyridine rings is 1. The second-order valence-corrected chi connectivity index (χ2v) is 5.32. The van der Waals surface area contributed by atoms with E-state index in [-0.39, 0.29) is 0 Å². The van der Waals surface area contributed by atoms with E-state index in [1.54, 1.807) is 18.5 Å². The van der Waals surface area contributed by atoms with Crippen molar-refractivity contribution in [3.8, 4) is 0 Å². The molecular formula is C14H13F3N2S. The van der Waals surface area contributed by atoms with Crippen molar-refractivity contribution in [1.82, 2.24) is 4.98 Å². The number of aromatic nitrogens is 1. The van der Waals surface area contributed by atoms with E-state index in [1.807, 2.05) is 12.1 Å². The molecule has 0 spiro atoms. The summed E-state index contributed by atoms with van der Waals surface area (Å²) in [5, 5.41) is 0. The Bertz CT molecular complexity index is 558. The van der Waals surface area contributed by atoms with Crippen molar-refractivity contribution in [2.24, 2.45) is 5.73 Å². The molecule has 0 amide bonds. The lowest BCUT2D eigenvalue weighted by molar-refractivity contribution is -0.137. The summed E-state index contributed by atoms with van der Waals surface area (Å²) in [6.07, 6.45) is -1.01. The van der Waals surface area contributed by atoms with Crippen molar-refractivity contribution in [3.05, 3.63) is 59.9 Å². The Balaban J connectivity index is 2.04. The van der Waals surface area contributed by atoms with Crippen molar-refractivity contribution in [2.45, 2.75) is 17.1 Å². The Morgan fingerprint density at radius 3 is 2.50 bits per heavy atom. The highest BCUT2D eigenvalue weighted by Crippen LogP contribution is 2.31. The monoisotopic (exact) mass is 298 g/mol. The molecule has 2 aromatic rings. The van der Waals surface area contributed by atoms with Crippen LogP contribution in [0.1, 0.15) is 17.2 Å². The number of nitrogens with two attached hydrogens (primary N) is 1. The van der Waals surface area contributed by atoms with Gasteiger partial charge in [-0.3, -0.25) is 4.98 Å². The summed E-state index contributed by atoms with van der Waals surface area (Å²) in [5.41, 5.74) is 5.77. The van der Waals surface area contributed by atoms with E-state index in [4.69, 9.17) is 5.73 Å². The molecule has 2 N–H and O–H groups in total.